The summed E-state index contributed by atoms with van der Waals surface area (Å²) in [5, 5.41) is 3.06. The summed E-state index contributed by atoms with van der Waals surface area (Å²) in [6, 6.07) is 5.71. The first-order valence-corrected chi connectivity index (χ1v) is 8.71. The third kappa shape index (κ3) is 4.47. The quantitative estimate of drug-likeness (QED) is 0.787. The summed E-state index contributed by atoms with van der Waals surface area (Å²) < 4.78 is 11.3. The summed E-state index contributed by atoms with van der Waals surface area (Å²) in [5.74, 6) is 0.826. The average molecular weight is 319 g/mol. The van der Waals surface area contributed by atoms with Crippen molar-refractivity contribution in [2.24, 2.45) is 0 Å². The van der Waals surface area contributed by atoms with E-state index in [4.69, 9.17) is 9.47 Å². The molecule has 0 saturated heterocycles. The number of carbonyl (C=O) groups is 1. The minimum Gasteiger partial charge on any atom is -0.496 e. The Bertz CT molecular complexity index is 519. The van der Waals surface area contributed by atoms with Gasteiger partial charge in [0, 0.05) is 12.3 Å². The van der Waals surface area contributed by atoms with Crippen molar-refractivity contribution in [1.29, 1.82) is 0 Å². The summed E-state index contributed by atoms with van der Waals surface area (Å²) in [7, 11) is 1.65. The molecule has 4 nitrogen and oxygen atoms in total. The van der Waals surface area contributed by atoms with Crippen LogP contribution in [0.25, 0.3) is 0 Å². The van der Waals surface area contributed by atoms with E-state index in [0.29, 0.717) is 6.61 Å². The Balaban J connectivity index is 2.14. The number of ether oxygens (including phenoxy) is 2. The molecule has 0 heterocycles. The zero-order valence-corrected chi connectivity index (χ0v) is 14.6. The molecule has 2 rings (SSSR count). The fourth-order valence-corrected chi connectivity index (χ4v) is 3.24. The van der Waals surface area contributed by atoms with E-state index in [9.17, 15) is 4.79 Å². The van der Waals surface area contributed by atoms with Gasteiger partial charge in [-0.15, -0.1) is 0 Å². The lowest BCUT2D eigenvalue weighted by Crippen LogP contribution is -2.45. The van der Waals surface area contributed by atoms with Crippen molar-refractivity contribution in [3.8, 4) is 5.75 Å². The highest BCUT2D eigenvalue weighted by Crippen LogP contribution is 2.32. The normalized spacial score (nSPS) is 17.3. The molecule has 0 atom stereocenters. The first kappa shape index (κ1) is 17.8. The van der Waals surface area contributed by atoms with Gasteiger partial charge in [-0.25, -0.2) is 0 Å². The van der Waals surface area contributed by atoms with Gasteiger partial charge in [0.2, 0.25) is 0 Å². The Labute approximate surface area is 139 Å². The highest BCUT2D eigenvalue weighted by Gasteiger charge is 2.39. The number of amides is 1. The Hall–Kier alpha value is -1.55. The Morgan fingerprint density at radius 3 is 2.48 bits per heavy atom. The molecule has 1 amide bonds. The molecule has 23 heavy (non-hydrogen) atoms. The van der Waals surface area contributed by atoms with E-state index < -0.39 is 5.60 Å². The maximum absolute atomic E-state index is 12.9. The SMILES string of the molecule is CCCOC1(C(=O)Nc2ccc(OC)c(C)c2)CCCCCC1. The first-order valence-electron chi connectivity index (χ1n) is 8.71. The molecule has 0 radical (unpaired) electrons. The van der Waals surface area contributed by atoms with E-state index in [1.54, 1.807) is 7.11 Å². The maximum Gasteiger partial charge on any atom is 0.256 e. The Kier molecular flexibility index (Phi) is 6.46. The lowest BCUT2D eigenvalue weighted by molar-refractivity contribution is -0.143. The smallest absolute Gasteiger partial charge is 0.256 e. The van der Waals surface area contributed by atoms with Gasteiger partial charge in [-0.3, -0.25) is 4.79 Å². The van der Waals surface area contributed by atoms with Crippen molar-refractivity contribution in [3.63, 3.8) is 0 Å². The van der Waals surface area contributed by atoms with Crippen LogP contribution in [0.2, 0.25) is 0 Å². The largest absolute Gasteiger partial charge is 0.496 e. The van der Waals surface area contributed by atoms with Gasteiger partial charge in [0.05, 0.1) is 7.11 Å². The number of nitrogens with one attached hydrogen (secondary N) is 1. The van der Waals surface area contributed by atoms with Gasteiger partial charge in [-0.05, 0) is 49.9 Å². The third-order valence-electron chi connectivity index (χ3n) is 4.56. The molecule has 0 spiro atoms. The van der Waals surface area contributed by atoms with Crippen LogP contribution in [0, 0.1) is 6.92 Å². The van der Waals surface area contributed by atoms with Gasteiger partial charge in [0.1, 0.15) is 11.4 Å². The van der Waals surface area contributed by atoms with Crippen LogP contribution in [0.3, 0.4) is 0 Å². The number of carbonyl (C=O) groups excluding carboxylic acids is 1. The van der Waals surface area contributed by atoms with Crippen molar-refractivity contribution in [3.05, 3.63) is 23.8 Å². The van der Waals surface area contributed by atoms with Crippen LogP contribution in [-0.4, -0.2) is 25.2 Å². The van der Waals surface area contributed by atoms with E-state index >= 15 is 0 Å². The number of hydrogen-bond donors (Lipinski definition) is 1. The zero-order chi connectivity index (χ0) is 16.7. The second kappa shape index (κ2) is 8.34. The van der Waals surface area contributed by atoms with Crippen molar-refractivity contribution >= 4 is 11.6 Å². The van der Waals surface area contributed by atoms with Crippen LogP contribution in [0.1, 0.15) is 57.4 Å². The highest BCUT2D eigenvalue weighted by atomic mass is 16.5. The second-order valence-corrected chi connectivity index (χ2v) is 6.40. The summed E-state index contributed by atoms with van der Waals surface area (Å²) in [5.41, 5.74) is 1.15. The van der Waals surface area contributed by atoms with Gasteiger partial charge in [-0.2, -0.15) is 0 Å². The number of benzene rings is 1. The molecule has 128 valence electrons. The van der Waals surface area contributed by atoms with Crippen molar-refractivity contribution in [1.82, 2.24) is 0 Å². The predicted octanol–water partition coefficient (Wildman–Crippen LogP) is 4.46. The molecule has 1 N–H and O–H groups in total. The summed E-state index contributed by atoms with van der Waals surface area (Å²) in [6.45, 7) is 4.69. The third-order valence-corrected chi connectivity index (χ3v) is 4.56. The Morgan fingerprint density at radius 2 is 1.91 bits per heavy atom. The van der Waals surface area contributed by atoms with Crippen LogP contribution in [0.5, 0.6) is 5.75 Å². The molecular formula is C19H29NO3. The van der Waals surface area contributed by atoms with Gasteiger partial charge in [-0.1, -0.05) is 32.6 Å². The number of anilines is 1. The molecule has 0 unspecified atom stereocenters. The monoisotopic (exact) mass is 319 g/mol. The predicted molar refractivity (Wildman–Crippen MR) is 93.0 cm³/mol. The molecule has 1 aromatic carbocycles. The molecule has 1 aliphatic rings. The van der Waals surface area contributed by atoms with Crippen molar-refractivity contribution in [2.45, 2.75) is 64.4 Å². The zero-order valence-electron chi connectivity index (χ0n) is 14.6. The fraction of sp³-hybridized carbons (Fsp3) is 0.632. The number of aryl methyl sites for hydroxylation is 1. The van der Waals surface area contributed by atoms with Crippen LogP contribution in [0.15, 0.2) is 18.2 Å². The van der Waals surface area contributed by atoms with E-state index in [1.165, 1.54) is 12.8 Å². The fourth-order valence-electron chi connectivity index (χ4n) is 3.24. The van der Waals surface area contributed by atoms with E-state index in [2.05, 4.69) is 12.2 Å². The molecule has 0 aromatic heterocycles. The maximum atomic E-state index is 12.9. The lowest BCUT2D eigenvalue weighted by atomic mass is 9.92. The molecule has 0 bridgehead atoms. The minimum absolute atomic E-state index is 0.00239. The Morgan fingerprint density at radius 1 is 1.22 bits per heavy atom. The van der Waals surface area contributed by atoms with E-state index in [1.807, 2.05) is 25.1 Å². The average Bonchev–Trinajstić information content (AvgIpc) is 2.80. The van der Waals surface area contributed by atoms with Crippen LogP contribution >= 0.6 is 0 Å². The van der Waals surface area contributed by atoms with Gasteiger partial charge in [0.15, 0.2) is 0 Å². The van der Waals surface area contributed by atoms with E-state index in [0.717, 1.165) is 49.1 Å². The summed E-state index contributed by atoms with van der Waals surface area (Å²) >= 11 is 0. The number of hydrogen-bond acceptors (Lipinski definition) is 3. The van der Waals surface area contributed by atoms with Crippen LogP contribution in [-0.2, 0) is 9.53 Å². The molecule has 1 fully saturated rings. The number of methoxy groups -OCH3 is 1. The summed E-state index contributed by atoms with van der Waals surface area (Å²) in [4.78, 5) is 12.9. The lowest BCUT2D eigenvalue weighted by Gasteiger charge is -2.31. The molecule has 1 saturated carbocycles. The van der Waals surface area contributed by atoms with Crippen molar-refractivity contribution < 1.29 is 14.3 Å². The standard InChI is InChI=1S/C19H29NO3/c1-4-13-23-19(11-7-5-6-8-12-19)18(21)20-16-9-10-17(22-3)15(2)14-16/h9-10,14H,4-8,11-13H2,1-3H3,(H,20,21). The molecule has 4 heteroatoms. The molecule has 0 aliphatic heterocycles. The first-order chi connectivity index (χ1) is 11.1. The topological polar surface area (TPSA) is 47.6 Å². The molecular weight excluding hydrogens is 290 g/mol. The van der Waals surface area contributed by atoms with Crippen LogP contribution in [0.4, 0.5) is 5.69 Å². The molecule has 1 aromatic rings. The van der Waals surface area contributed by atoms with Crippen molar-refractivity contribution in [2.75, 3.05) is 19.0 Å². The van der Waals surface area contributed by atoms with Crippen LogP contribution < -0.4 is 10.1 Å². The summed E-state index contributed by atoms with van der Waals surface area (Å²) in [6.07, 6.45) is 7.04. The highest BCUT2D eigenvalue weighted by molar-refractivity contribution is 5.97. The second-order valence-electron chi connectivity index (χ2n) is 6.40. The minimum atomic E-state index is -0.666. The van der Waals surface area contributed by atoms with Gasteiger partial charge >= 0.3 is 0 Å². The van der Waals surface area contributed by atoms with Gasteiger partial charge in [0.25, 0.3) is 5.91 Å². The van der Waals surface area contributed by atoms with Gasteiger partial charge < -0.3 is 14.8 Å². The molecule has 1 aliphatic carbocycles. The van der Waals surface area contributed by atoms with E-state index in [-0.39, 0.29) is 5.91 Å². The number of rotatable bonds is 6.